The van der Waals surface area contributed by atoms with Crippen molar-refractivity contribution in [1.29, 1.82) is 0 Å². The Morgan fingerprint density at radius 2 is 2.17 bits per heavy atom. The molecule has 0 spiro atoms. The number of hydrogen-bond acceptors (Lipinski definition) is 4. The molecular formula is C8H12N2OS. The van der Waals surface area contributed by atoms with E-state index >= 15 is 0 Å². The molecule has 0 saturated carbocycles. The van der Waals surface area contributed by atoms with Gasteiger partial charge in [0, 0.05) is 6.20 Å². The van der Waals surface area contributed by atoms with Crippen LogP contribution in [0.3, 0.4) is 0 Å². The van der Waals surface area contributed by atoms with Gasteiger partial charge in [0.2, 0.25) is 0 Å². The van der Waals surface area contributed by atoms with Crippen molar-refractivity contribution >= 4 is 11.8 Å². The highest BCUT2D eigenvalue weighted by Crippen LogP contribution is 2.17. The predicted octanol–water partition coefficient (Wildman–Crippen LogP) is 1.43. The van der Waals surface area contributed by atoms with E-state index in [1.165, 1.54) is 11.8 Å². The summed E-state index contributed by atoms with van der Waals surface area (Å²) in [7, 11) is 0. The molecule has 1 aromatic heterocycles. The number of thioether (sulfide) groups is 1. The average molecular weight is 184 g/mol. The molecule has 0 radical (unpaired) electrons. The summed E-state index contributed by atoms with van der Waals surface area (Å²) in [5.41, 5.74) is -0.953. The molecule has 0 atom stereocenters. The Bertz CT molecular complexity index is 270. The van der Waals surface area contributed by atoms with Gasteiger partial charge in [0.15, 0.2) is 5.82 Å². The SMILES string of the molecule is CSc1ccnc(C(C)(C)O)n1. The maximum absolute atomic E-state index is 9.57. The van der Waals surface area contributed by atoms with E-state index in [4.69, 9.17) is 0 Å². The third-order valence-corrected chi connectivity index (χ3v) is 2.03. The molecule has 1 N–H and O–H groups in total. The summed E-state index contributed by atoms with van der Waals surface area (Å²) in [6.45, 7) is 3.35. The molecule has 0 unspecified atom stereocenters. The molecule has 0 bridgehead atoms. The van der Waals surface area contributed by atoms with E-state index in [1.54, 1.807) is 20.0 Å². The lowest BCUT2D eigenvalue weighted by Gasteiger charge is -2.14. The van der Waals surface area contributed by atoms with Crippen LogP contribution >= 0.6 is 11.8 Å². The molecule has 1 rings (SSSR count). The second-order valence-electron chi connectivity index (χ2n) is 2.98. The summed E-state index contributed by atoms with van der Waals surface area (Å²) in [4.78, 5) is 8.15. The van der Waals surface area contributed by atoms with Gasteiger partial charge in [0.25, 0.3) is 0 Å². The van der Waals surface area contributed by atoms with Gasteiger partial charge in [-0.25, -0.2) is 9.97 Å². The molecular weight excluding hydrogens is 172 g/mol. The molecule has 0 aromatic carbocycles. The standard InChI is InChI=1S/C8H12N2OS/c1-8(2,11)7-9-5-4-6(10-7)12-3/h4-5,11H,1-3H3. The number of nitrogens with zero attached hydrogens (tertiary/aromatic N) is 2. The van der Waals surface area contributed by atoms with Crippen molar-refractivity contribution in [3.8, 4) is 0 Å². The lowest BCUT2D eigenvalue weighted by Crippen LogP contribution is -2.19. The minimum atomic E-state index is -0.953. The van der Waals surface area contributed by atoms with Crippen LogP contribution < -0.4 is 0 Å². The molecule has 0 aliphatic rings. The van der Waals surface area contributed by atoms with Crippen LogP contribution in [0.25, 0.3) is 0 Å². The average Bonchev–Trinajstić information content (AvgIpc) is 2.03. The van der Waals surface area contributed by atoms with Gasteiger partial charge in [-0.15, -0.1) is 11.8 Å². The third-order valence-electron chi connectivity index (χ3n) is 1.39. The smallest absolute Gasteiger partial charge is 0.160 e. The van der Waals surface area contributed by atoms with Crippen molar-refractivity contribution in [3.05, 3.63) is 18.1 Å². The fourth-order valence-electron chi connectivity index (χ4n) is 0.751. The molecule has 0 fully saturated rings. The molecule has 1 aromatic rings. The first kappa shape index (κ1) is 9.48. The van der Waals surface area contributed by atoms with Crippen molar-refractivity contribution in [2.45, 2.75) is 24.5 Å². The second-order valence-corrected chi connectivity index (χ2v) is 3.81. The first-order valence-corrected chi connectivity index (χ1v) is 4.86. The highest BCUT2D eigenvalue weighted by atomic mass is 32.2. The molecule has 0 aliphatic carbocycles. The topological polar surface area (TPSA) is 46.0 Å². The van der Waals surface area contributed by atoms with Gasteiger partial charge in [-0.1, -0.05) is 0 Å². The Morgan fingerprint density at radius 3 is 2.67 bits per heavy atom. The summed E-state index contributed by atoms with van der Waals surface area (Å²) in [6, 6.07) is 1.82. The largest absolute Gasteiger partial charge is 0.382 e. The predicted molar refractivity (Wildman–Crippen MR) is 49.1 cm³/mol. The van der Waals surface area contributed by atoms with Crippen molar-refractivity contribution in [2.24, 2.45) is 0 Å². The van der Waals surface area contributed by atoms with Crippen molar-refractivity contribution in [3.63, 3.8) is 0 Å². The first-order chi connectivity index (χ1) is 5.54. The van der Waals surface area contributed by atoms with Crippen LogP contribution in [0.2, 0.25) is 0 Å². The molecule has 1 heterocycles. The molecule has 12 heavy (non-hydrogen) atoms. The van der Waals surface area contributed by atoms with E-state index in [2.05, 4.69) is 9.97 Å². The van der Waals surface area contributed by atoms with Gasteiger partial charge in [-0.05, 0) is 26.2 Å². The molecule has 4 heteroatoms. The van der Waals surface area contributed by atoms with E-state index in [9.17, 15) is 5.11 Å². The van der Waals surface area contributed by atoms with Gasteiger partial charge in [0.1, 0.15) is 5.60 Å². The fraction of sp³-hybridized carbons (Fsp3) is 0.500. The van der Waals surface area contributed by atoms with Gasteiger partial charge in [-0.2, -0.15) is 0 Å². The zero-order valence-corrected chi connectivity index (χ0v) is 8.22. The van der Waals surface area contributed by atoms with Crippen molar-refractivity contribution in [2.75, 3.05) is 6.26 Å². The van der Waals surface area contributed by atoms with E-state index in [0.717, 1.165) is 5.03 Å². The van der Waals surface area contributed by atoms with Crippen LogP contribution in [0.4, 0.5) is 0 Å². The highest BCUT2D eigenvalue weighted by molar-refractivity contribution is 7.98. The lowest BCUT2D eigenvalue weighted by atomic mass is 10.1. The summed E-state index contributed by atoms with van der Waals surface area (Å²) in [6.07, 6.45) is 3.60. The summed E-state index contributed by atoms with van der Waals surface area (Å²) in [5, 5.41) is 10.5. The Balaban J connectivity index is 3.02. The van der Waals surface area contributed by atoms with E-state index in [-0.39, 0.29) is 0 Å². The van der Waals surface area contributed by atoms with Crippen LogP contribution in [0.1, 0.15) is 19.7 Å². The first-order valence-electron chi connectivity index (χ1n) is 3.64. The lowest BCUT2D eigenvalue weighted by molar-refractivity contribution is 0.0680. The van der Waals surface area contributed by atoms with Crippen molar-refractivity contribution < 1.29 is 5.11 Å². The maximum atomic E-state index is 9.57. The monoisotopic (exact) mass is 184 g/mol. The molecule has 0 saturated heterocycles. The highest BCUT2D eigenvalue weighted by Gasteiger charge is 2.19. The van der Waals surface area contributed by atoms with E-state index < -0.39 is 5.60 Å². The van der Waals surface area contributed by atoms with Crippen LogP contribution in [0.5, 0.6) is 0 Å². The quantitative estimate of drug-likeness (QED) is 0.558. The zero-order chi connectivity index (χ0) is 9.19. The Hall–Kier alpha value is -0.610. The van der Waals surface area contributed by atoms with Gasteiger partial charge in [-0.3, -0.25) is 0 Å². The maximum Gasteiger partial charge on any atom is 0.160 e. The number of aliphatic hydroxyl groups is 1. The third kappa shape index (κ3) is 2.19. The number of aromatic nitrogens is 2. The second kappa shape index (κ2) is 3.41. The minimum Gasteiger partial charge on any atom is -0.382 e. The summed E-state index contributed by atoms with van der Waals surface area (Å²) >= 11 is 1.54. The Kier molecular flexibility index (Phi) is 2.69. The van der Waals surface area contributed by atoms with Gasteiger partial charge in [0.05, 0.1) is 5.03 Å². The Morgan fingerprint density at radius 1 is 1.50 bits per heavy atom. The van der Waals surface area contributed by atoms with Crippen LogP contribution in [0, 0.1) is 0 Å². The van der Waals surface area contributed by atoms with Gasteiger partial charge < -0.3 is 5.11 Å². The van der Waals surface area contributed by atoms with Crippen molar-refractivity contribution in [1.82, 2.24) is 9.97 Å². The van der Waals surface area contributed by atoms with Crippen LogP contribution in [0.15, 0.2) is 17.3 Å². The van der Waals surface area contributed by atoms with Gasteiger partial charge >= 0.3 is 0 Å². The number of rotatable bonds is 2. The molecule has 0 aliphatic heterocycles. The number of hydrogen-bond donors (Lipinski definition) is 1. The van der Waals surface area contributed by atoms with Crippen LogP contribution in [-0.4, -0.2) is 21.3 Å². The Labute approximate surface area is 76.2 Å². The zero-order valence-electron chi connectivity index (χ0n) is 7.40. The molecule has 0 amide bonds. The minimum absolute atomic E-state index is 0.467. The fourth-order valence-corrected chi connectivity index (χ4v) is 1.13. The molecule has 66 valence electrons. The molecule has 3 nitrogen and oxygen atoms in total. The van der Waals surface area contributed by atoms with Crippen LogP contribution in [-0.2, 0) is 5.60 Å². The van der Waals surface area contributed by atoms with E-state index in [1.807, 2.05) is 12.3 Å². The normalized spacial score (nSPS) is 11.7. The summed E-state index contributed by atoms with van der Waals surface area (Å²) in [5.74, 6) is 0.467. The van der Waals surface area contributed by atoms with E-state index in [0.29, 0.717) is 5.82 Å². The summed E-state index contributed by atoms with van der Waals surface area (Å²) < 4.78 is 0.